The highest BCUT2D eigenvalue weighted by atomic mass is 32.2. The van der Waals surface area contributed by atoms with E-state index >= 15 is 0 Å². The van der Waals surface area contributed by atoms with E-state index in [0.717, 1.165) is 11.7 Å². The average molecular weight is 135 g/mol. The van der Waals surface area contributed by atoms with Crippen molar-refractivity contribution in [2.45, 2.75) is 6.92 Å². The highest BCUT2D eigenvalue weighted by molar-refractivity contribution is 7.99. The first-order valence-electron chi connectivity index (χ1n) is 2.72. The van der Waals surface area contributed by atoms with E-state index in [2.05, 4.69) is 12.2 Å². The molecule has 0 aromatic carbocycles. The molecule has 0 rings (SSSR count). The normalized spacial score (nSPS) is 9.75. The molecule has 0 saturated heterocycles. The number of nitrogens with one attached hydrogen (secondary N) is 1. The Hall–Kier alpha value is 0.270. The number of rotatable bonds is 5. The van der Waals surface area contributed by atoms with Gasteiger partial charge in [0.1, 0.15) is 0 Å². The van der Waals surface area contributed by atoms with Crippen LogP contribution in [0.5, 0.6) is 0 Å². The molecule has 0 bridgehead atoms. The lowest BCUT2D eigenvalue weighted by atomic mass is 11.0. The molecule has 0 aliphatic rings. The number of thioether (sulfide) groups is 1. The van der Waals surface area contributed by atoms with Gasteiger partial charge in [0, 0.05) is 0 Å². The third kappa shape index (κ3) is 6.27. The zero-order valence-corrected chi connectivity index (χ0v) is 6.25. The van der Waals surface area contributed by atoms with Crippen molar-refractivity contribution >= 4 is 11.8 Å². The largest absolute Gasteiger partial charge is 0.356 e. The fourth-order valence-corrected chi connectivity index (χ4v) is 0.654. The molecule has 0 spiro atoms. The molecule has 0 fully saturated rings. The second-order valence-electron chi connectivity index (χ2n) is 1.31. The molecule has 0 aromatic rings. The van der Waals surface area contributed by atoms with Crippen LogP contribution in [0.2, 0.25) is 0 Å². The Labute approximate surface area is 55.0 Å². The van der Waals surface area contributed by atoms with Crippen molar-refractivity contribution in [2.75, 3.05) is 25.5 Å². The first-order chi connectivity index (χ1) is 3.91. The predicted octanol–water partition coefficient (Wildman–Crippen LogP) is 0.890. The molecule has 0 atom stereocenters. The van der Waals surface area contributed by atoms with Gasteiger partial charge in [0.25, 0.3) is 0 Å². The molecule has 0 unspecified atom stereocenters. The molecule has 1 N–H and O–H groups in total. The summed E-state index contributed by atoms with van der Waals surface area (Å²) < 4.78 is 5.08. The summed E-state index contributed by atoms with van der Waals surface area (Å²) in [5, 5.41) is 2.89. The molecule has 8 heavy (non-hydrogen) atoms. The van der Waals surface area contributed by atoms with E-state index in [9.17, 15) is 0 Å². The van der Waals surface area contributed by atoms with Crippen LogP contribution in [-0.4, -0.2) is 25.5 Å². The Bertz CT molecular complexity index is 37.4. The molecule has 0 radical (unpaired) electrons. The van der Waals surface area contributed by atoms with Gasteiger partial charge < -0.3 is 4.74 Å². The van der Waals surface area contributed by atoms with Crippen LogP contribution >= 0.6 is 11.8 Å². The molecule has 0 aliphatic carbocycles. The topological polar surface area (TPSA) is 21.3 Å². The molecular weight excluding hydrogens is 122 g/mol. The third-order valence-corrected chi connectivity index (χ3v) is 1.36. The van der Waals surface area contributed by atoms with Gasteiger partial charge in [-0.05, 0) is 12.8 Å². The van der Waals surface area contributed by atoms with E-state index in [0.29, 0.717) is 6.73 Å². The molecule has 3 heteroatoms. The fourth-order valence-electron chi connectivity index (χ4n) is 0.286. The molecule has 0 amide bonds. The van der Waals surface area contributed by atoms with Gasteiger partial charge in [-0.3, -0.25) is 5.32 Å². The summed E-state index contributed by atoms with van der Waals surface area (Å²) in [5.74, 6) is 1.93. The molecule has 0 aromatic heterocycles. The van der Waals surface area contributed by atoms with E-state index in [4.69, 9.17) is 4.74 Å². The van der Waals surface area contributed by atoms with Crippen LogP contribution in [0.25, 0.3) is 0 Å². The van der Waals surface area contributed by atoms with Crippen LogP contribution in [0.4, 0.5) is 0 Å². The first-order valence-corrected chi connectivity index (χ1v) is 3.87. The van der Waals surface area contributed by atoms with Gasteiger partial charge in [-0.1, -0.05) is 6.92 Å². The minimum Gasteiger partial charge on any atom is -0.356 e. The van der Waals surface area contributed by atoms with E-state index in [1.54, 1.807) is 11.8 Å². The maximum atomic E-state index is 5.08. The van der Waals surface area contributed by atoms with Gasteiger partial charge >= 0.3 is 0 Å². The average Bonchev–Trinajstić information content (AvgIpc) is 1.81. The van der Waals surface area contributed by atoms with Gasteiger partial charge in [0.05, 0.1) is 12.7 Å². The van der Waals surface area contributed by atoms with Crippen molar-refractivity contribution in [1.29, 1.82) is 0 Å². The minimum atomic E-state index is 0.660. The number of hydrogen-bond donors (Lipinski definition) is 1. The summed E-state index contributed by atoms with van der Waals surface area (Å²) in [5.41, 5.74) is 0. The van der Waals surface area contributed by atoms with Crippen molar-refractivity contribution in [3.05, 3.63) is 0 Å². The Morgan fingerprint density at radius 1 is 1.62 bits per heavy atom. The van der Waals surface area contributed by atoms with Gasteiger partial charge in [0.2, 0.25) is 0 Å². The van der Waals surface area contributed by atoms with Crippen molar-refractivity contribution < 1.29 is 4.74 Å². The maximum absolute atomic E-state index is 5.08. The van der Waals surface area contributed by atoms with Gasteiger partial charge in [0.15, 0.2) is 0 Å². The molecular formula is C5H13NOS. The molecule has 0 aliphatic heterocycles. The first kappa shape index (κ1) is 8.27. The van der Waals surface area contributed by atoms with Crippen molar-refractivity contribution in [2.24, 2.45) is 0 Å². The van der Waals surface area contributed by atoms with E-state index in [-0.39, 0.29) is 0 Å². The maximum Gasteiger partial charge on any atom is 0.0974 e. The third-order valence-electron chi connectivity index (χ3n) is 0.617. The van der Waals surface area contributed by atoms with E-state index in [1.807, 2.05) is 7.05 Å². The summed E-state index contributed by atoms with van der Waals surface area (Å²) in [6.45, 7) is 2.78. The van der Waals surface area contributed by atoms with Crippen molar-refractivity contribution in [3.8, 4) is 0 Å². The van der Waals surface area contributed by atoms with Crippen LogP contribution in [-0.2, 0) is 4.74 Å². The van der Waals surface area contributed by atoms with Crippen LogP contribution in [0.3, 0.4) is 0 Å². The highest BCUT2D eigenvalue weighted by Crippen LogP contribution is 1.96. The lowest BCUT2D eigenvalue weighted by Gasteiger charge is -1.98. The Morgan fingerprint density at radius 3 is 2.88 bits per heavy atom. The standard InChI is InChI=1S/C5H13NOS/c1-3-8-5-7-4-6-2/h6H,3-5H2,1-2H3. The summed E-state index contributed by atoms with van der Waals surface area (Å²) in [6.07, 6.45) is 0. The second kappa shape index (κ2) is 7.27. The molecule has 0 heterocycles. The van der Waals surface area contributed by atoms with Crippen LogP contribution in [0, 0.1) is 0 Å². The Balaban J connectivity index is 2.53. The van der Waals surface area contributed by atoms with Gasteiger partial charge in [-0.2, -0.15) is 0 Å². The zero-order valence-electron chi connectivity index (χ0n) is 5.44. The van der Waals surface area contributed by atoms with Crippen LogP contribution < -0.4 is 5.32 Å². The van der Waals surface area contributed by atoms with Crippen LogP contribution in [0.15, 0.2) is 0 Å². The summed E-state index contributed by atoms with van der Waals surface area (Å²) in [4.78, 5) is 0. The molecule has 0 saturated carbocycles. The predicted molar refractivity (Wildman–Crippen MR) is 38.0 cm³/mol. The van der Waals surface area contributed by atoms with Crippen molar-refractivity contribution in [3.63, 3.8) is 0 Å². The van der Waals surface area contributed by atoms with Crippen molar-refractivity contribution in [1.82, 2.24) is 5.32 Å². The molecule has 2 nitrogen and oxygen atoms in total. The highest BCUT2D eigenvalue weighted by Gasteiger charge is 1.80. The molecule has 50 valence electrons. The van der Waals surface area contributed by atoms with Gasteiger partial charge in [-0.15, -0.1) is 11.8 Å². The van der Waals surface area contributed by atoms with E-state index in [1.165, 1.54) is 0 Å². The number of hydrogen-bond acceptors (Lipinski definition) is 3. The second-order valence-corrected chi connectivity index (χ2v) is 2.53. The number of ether oxygens (including phenoxy) is 1. The quantitative estimate of drug-likeness (QED) is 0.447. The van der Waals surface area contributed by atoms with E-state index < -0.39 is 0 Å². The zero-order chi connectivity index (χ0) is 6.24. The lowest BCUT2D eigenvalue weighted by molar-refractivity contribution is 0.168. The smallest absolute Gasteiger partial charge is 0.0974 e. The van der Waals surface area contributed by atoms with Crippen LogP contribution in [0.1, 0.15) is 6.92 Å². The fraction of sp³-hybridized carbons (Fsp3) is 1.00. The monoisotopic (exact) mass is 135 g/mol. The Kier molecular flexibility index (Phi) is 7.52. The minimum absolute atomic E-state index is 0.660. The van der Waals surface area contributed by atoms with Gasteiger partial charge in [-0.25, -0.2) is 0 Å². The lowest BCUT2D eigenvalue weighted by Crippen LogP contribution is -2.10. The summed E-state index contributed by atoms with van der Waals surface area (Å²) >= 11 is 1.79. The Morgan fingerprint density at radius 2 is 2.38 bits per heavy atom. The SMILES string of the molecule is CCSCOCNC. The summed E-state index contributed by atoms with van der Waals surface area (Å²) in [7, 11) is 1.87. The summed E-state index contributed by atoms with van der Waals surface area (Å²) in [6, 6.07) is 0.